The lowest BCUT2D eigenvalue weighted by atomic mass is 10.2. The van der Waals surface area contributed by atoms with Crippen LogP contribution in [0, 0.1) is 13.8 Å². The molecule has 2 nitrogen and oxygen atoms in total. The van der Waals surface area contributed by atoms with E-state index in [1.807, 2.05) is 13.8 Å². The number of furan rings is 1. The van der Waals surface area contributed by atoms with E-state index in [0.717, 1.165) is 15.8 Å². The van der Waals surface area contributed by atoms with E-state index in [0.29, 0.717) is 5.76 Å². The predicted molar refractivity (Wildman–Crippen MR) is 46.5 cm³/mol. The van der Waals surface area contributed by atoms with Crippen LogP contribution in [0.15, 0.2) is 8.89 Å². The van der Waals surface area contributed by atoms with Crippen molar-refractivity contribution in [3.8, 4) is 0 Å². The standard InChI is InChI=1S/C8H11BrO2/c1-4-7(9)6(3)11-8(4)5(2)10/h5,10H,1-3H3. The molecule has 3 heteroatoms. The molecule has 1 unspecified atom stereocenters. The molecule has 0 aliphatic rings. The van der Waals surface area contributed by atoms with Gasteiger partial charge in [0.1, 0.15) is 17.6 Å². The van der Waals surface area contributed by atoms with Crippen molar-refractivity contribution in [3.63, 3.8) is 0 Å². The summed E-state index contributed by atoms with van der Waals surface area (Å²) in [5, 5.41) is 9.23. The average molecular weight is 219 g/mol. The zero-order valence-electron chi connectivity index (χ0n) is 6.81. The molecule has 1 heterocycles. The van der Waals surface area contributed by atoms with Crippen LogP contribution in [0.2, 0.25) is 0 Å². The van der Waals surface area contributed by atoms with Gasteiger partial charge in [0.2, 0.25) is 0 Å². The van der Waals surface area contributed by atoms with Gasteiger partial charge in [-0.2, -0.15) is 0 Å². The summed E-state index contributed by atoms with van der Waals surface area (Å²) in [6.45, 7) is 5.48. The number of rotatable bonds is 1. The zero-order valence-corrected chi connectivity index (χ0v) is 8.40. The van der Waals surface area contributed by atoms with E-state index in [1.54, 1.807) is 6.92 Å². The minimum atomic E-state index is -0.528. The molecule has 1 aromatic rings. The molecule has 11 heavy (non-hydrogen) atoms. The first-order chi connectivity index (χ1) is 5.04. The Morgan fingerprint density at radius 2 is 2.00 bits per heavy atom. The summed E-state index contributed by atoms with van der Waals surface area (Å²) in [5.41, 5.74) is 0.984. The number of aliphatic hydroxyl groups excluding tert-OH is 1. The van der Waals surface area contributed by atoms with Gasteiger partial charge in [0, 0.05) is 5.56 Å². The second-order valence-corrected chi connectivity index (χ2v) is 3.43. The maximum Gasteiger partial charge on any atom is 0.136 e. The highest BCUT2D eigenvalue weighted by molar-refractivity contribution is 9.10. The van der Waals surface area contributed by atoms with Gasteiger partial charge in [0.15, 0.2) is 0 Å². The van der Waals surface area contributed by atoms with Gasteiger partial charge in [0.25, 0.3) is 0 Å². The molecule has 62 valence electrons. The van der Waals surface area contributed by atoms with Crippen LogP contribution < -0.4 is 0 Å². The lowest BCUT2D eigenvalue weighted by Gasteiger charge is -1.99. The van der Waals surface area contributed by atoms with Crippen LogP contribution in [0.5, 0.6) is 0 Å². The summed E-state index contributed by atoms with van der Waals surface area (Å²) in [6, 6.07) is 0. The Morgan fingerprint density at radius 1 is 1.45 bits per heavy atom. The van der Waals surface area contributed by atoms with E-state index in [2.05, 4.69) is 15.9 Å². The van der Waals surface area contributed by atoms with E-state index in [1.165, 1.54) is 0 Å². The van der Waals surface area contributed by atoms with Crippen molar-refractivity contribution < 1.29 is 9.52 Å². The number of aliphatic hydroxyl groups is 1. The molecule has 1 N–H and O–H groups in total. The Kier molecular flexibility index (Phi) is 2.40. The first kappa shape index (κ1) is 8.81. The van der Waals surface area contributed by atoms with E-state index in [9.17, 15) is 5.11 Å². The van der Waals surface area contributed by atoms with Crippen molar-refractivity contribution in [2.75, 3.05) is 0 Å². The number of aryl methyl sites for hydroxylation is 1. The molecule has 0 spiro atoms. The highest BCUT2D eigenvalue weighted by atomic mass is 79.9. The Labute approximate surface area is 74.3 Å². The van der Waals surface area contributed by atoms with Gasteiger partial charge >= 0.3 is 0 Å². The monoisotopic (exact) mass is 218 g/mol. The summed E-state index contributed by atoms with van der Waals surface area (Å²) >= 11 is 3.36. The molecular formula is C8H11BrO2. The van der Waals surface area contributed by atoms with Gasteiger partial charge in [-0.3, -0.25) is 0 Å². The van der Waals surface area contributed by atoms with Crippen LogP contribution in [0.1, 0.15) is 30.1 Å². The largest absolute Gasteiger partial charge is 0.462 e. The van der Waals surface area contributed by atoms with Gasteiger partial charge in [-0.1, -0.05) is 0 Å². The molecule has 0 fully saturated rings. The summed E-state index contributed by atoms with van der Waals surface area (Å²) in [5.74, 6) is 1.47. The maximum atomic E-state index is 9.23. The fraction of sp³-hybridized carbons (Fsp3) is 0.500. The maximum absolute atomic E-state index is 9.23. The Bertz CT molecular complexity index is 263. The lowest BCUT2D eigenvalue weighted by Crippen LogP contribution is -1.89. The van der Waals surface area contributed by atoms with E-state index in [4.69, 9.17) is 4.42 Å². The highest BCUT2D eigenvalue weighted by Gasteiger charge is 2.14. The third-order valence-corrected chi connectivity index (χ3v) is 2.80. The summed E-state index contributed by atoms with van der Waals surface area (Å²) in [7, 11) is 0. The third-order valence-electron chi connectivity index (χ3n) is 1.65. The number of hydrogen-bond acceptors (Lipinski definition) is 2. The summed E-state index contributed by atoms with van der Waals surface area (Å²) in [6.07, 6.45) is -0.528. The SMILES string of the molecule is Cc1oc(C(C)O)c(C)c1Br. The Morgan fingerprint density at radius 3 is 2.18 bits per heavy atom. The molecule has 0 aliphatic carbocycles. The number of halogens is 1. The Hall–Kier alpha value is -0.280. The molecule has 1 aromatic heterocycles. The van der Waals surface area contributed by atoms with Crippen LogP contribution in [0.3, 0.4) is 0 Å². The highest BCUT2D eigenvalue weighted by Crippen LogP contribution is 2.30. The van der Waals surface area contributed by atoms with E-state index < -0.39 is 6.10 Å². The third kappa shape index (κ3) is 1.49. The fourth-order valence-electron chi connectivity index (χ4n) is 1.06. The number of hydrogen-bond donors (Lipinski definition) is 1. The van der Waals surface area contributed by atoms with Crippen LogP contribution in [-0.2, 0) is 0 Å². The first-order valence-corrected chi connectivity index (χ1v) is 4.26. The zero-order chi connectivity index (χ0) is 8.59. The quantitative estimate of drug-likeness (QED) is 0.787. The molecule has 0 aliphatic heterocycles. The first-order valence-electron chi connectivity index (χ1n) is 3.47. The van der Waals surface area contributed by atoms with Crippen LogP contribution >= 0.6 is 15.9 Å². The van der Waals surface area contributed by atoms with E-state index in [-0.39, 0.29) is 0 Å². The van der Waals surface area contributed by atoms with Gasteiger partial charge in [-0.05, 0) is 36.7 Å². The minimum Gasteiger partial charge on any atom is -0.462 e. The van der Waals surface area contributed by atoms with Gasteiger partial charge in [0.05, 0.1) is 4.47 Å². The van der Waals surface area contributed by atoms with Crippen LogP contribution in [0.4, 0.5) is 0 Å². The van der Waals surface area contributed by atoms with Crippen molar-refractivity contribution in [1.29, 1.82) is 0 Å². The van der Waals surface area contributed by atoms with Crippen molar-refractivity contribution in [1.82, 2.24) is 0 Å². The second kappa shape index (κ2) is 2.99. The van der Waals surface area contributed by atoms with Crippen molar-refractivity contribution >= 4 is 15.9 Å². The molecule has 0 radical (unpaired) electrons. The molecule has 0 saturated heterocycles. The minimum absolute atomic E-state index is 0.528. The van der Waals surface area contributed by atoms with Crippen molar-refractivity contribution in [2.24, 2.45) is 0 Å². The summed E-state index contributed by atoms with van der Waals surface area (Å²) < 4.78 is 6.26. The van der Waals surface area contributed by atoms with Gasteiger partial charge in [-0.15, -0.1) is 0 Å². The average Bonchev–Trinajstić information content (AvgIpc) is 2.17. The molecule has 1 atom stereocenters. The molecule has 1 rings (SSSR count). The van der Waals surface area contributed by atoms with Crippen molar-refractivity contribution in [2.45, 2.75) is 26.9 Å². The molecular weight excluding hydrogens is 208 g/mol. The second-order valence-electron chi connectivity index (χ2n) is 2.64. The Balaban J connectivity index is 3.19. The summed E-state index contributed by atoms with van der Waals surface area (Å²) in [4.78, 5) is 0. The fourth-order valence-corrected chi connectivity index (χ4v) is 1.33. The lowest BCUT2D eigenvalue weighted by molar-refractivity contribution is 0.167. The topological polar surface area (TPSA) is 33.4 Å². The normalized spacial score (nSPS) is 13.5. The smallest absolute Gasteiger partial charge is 0.136 e. The van der Waals surface area contributed by atoms with Gasteiger partial charge < -0.3 is 9.52 Å². The van der Waals surface area contributed by atoms with E-state index >= 15 is 0 Å². The van der Waals surface area contributed by atoms with Gasteiger partial charge in [-0.25, -0.2) is 0 Å². The van der Waals surface area contributed by atoms with Crippen LogP contribution in [0.25, 0.3) is 0 Å². The molecule has 0 bridgehead atoms. The predicted octanol–water partition coefficient (Wildman–Crippen LogP) is 2.71. The molecule has 0 aromatic carbocycles. The molecule has 0 saturated carbocycles. The van der Waals surface area contributed by atoms with Crippen LogP contribution in [-0.4, -0.2) is 5.11 Å². The molecule has 0 amide bonds. The van der Waals surface area contributed by atoms with Crippen molar-refractivity contribution in [3.05, 3.63) is 21.6 Å².